The number of hydrogen-bond donors (Lipinski definition) is 1. The van der Waals surface area contributed by atoms with Crippen LogP contribution in [0, 0.1) is 11.3 Å². The highest BCUT2D eigenvalue weighted by atomic mass is 32.2. The van der Waals surface area contributed by atoms with E-state index in [-0.39, 0.29) is 11.2 Å². The van der Waals surface area contributed by atoms with Crippen molar-refractivity contribution in [2.45, 2.75) is 69.3 Å². The van der Waals surface area contributed by atoms with Gasteiger partial charge in [-0.15, -0.1) is 21.5 Å². The van der Waals surface area contributed by atoms with Crippen LogP contribution < -0.4 is 5.32 Å². The van der Waals surface area contributed by atoms with Crippen molar-refractivity contribution in [3.63, 3.8) is 0 Å². The highest BCUT2D eigenvalue weighted by Crippen LogP contribution is 2.37. The molecular formula is C24H27N5OS2. The maximum absolute atomic E-state index is 13.0. The quantitative estimate of drug-likeness (QED) is 0.382. The molecule has 8 heteroatoms. The number of benzene rings is 1. The number of anilines is 1. The lowest BCUT2D eigenvalue weighted by Gasteiger charge is -2.12. The summed E-state index contributed by atoms with van der Waals surface area (Å²) in [5, 5.41) is 22.5. The highest BCUT2D eigenvalue weighted by molar-refractivity contribution is 8.00. The largest absolute Gasteiger partial charge is 0.316 e. The molecule has 0 bridgehead atoms. The third kappa shape index (κ3) is 4.89. The van der Waals surface area contributed by atoms with Crippen molar-refractivity contribution in [2.75, 3.05) is 5.32 Å². The van der Waals surface area contributed by atoms with Gasteiger partial charge in [-0.2, -0.15) is 5.26 Å². The van der Waals surface area contributed by atoms with E-state index in [4.69, 9.17) is 0 Å². The first-order valence-corrected chi connectivity index (χ1v) is 12.8. The molecule has 1 N–H and O–H groups in total. The van der Waals surface area contributed by atoms with E-state index in [0.29, 0.717) is 17.0 Å². The molecule has 0 spiro atoms. The van der Waals surface area contributed by atoms with Gasteiger partial charge in [0.15, 0.2) is 5.16 Å². The number of hydrogen-bond acceptors (Lipinski definition) is 6. The van der Waals surface area contributed by atoms with Gasteiger partial charge in [0, 0.05) is 17.8 Å². The minimum atomic E-state index is -0.359. The van der Waals surface area contributed by atoms with Gasteiger partial charge in [0.25, 0.3) is 0 Å². The number of thiophene rings is 1. The Kier molecular flexibility index (Phi) is 7.28. The van der Waals surface area contributed by atoms with Gasteiger partial charge < -0.3 is 9.88 Å². The molecule has 0 saturated heterocycles. The summed E-state index contributed by atoms with van der Waals surface area (Å²) in [6.45, 7) is 4.67. The first-order valence-electron chi connectivity index (χ1n) is 11.1. The van der Waals surface area contributed by atoms with Gasteiger partial charge in [0.2, 0.25) is 5.91 Å². The Morgan fingerprint density at radius 2 is 2.03 bits per heavy atom. The number of carbonyl (C=O) groups is 1. The molecule has 0 fully saturated rings. The lowest BCUT2D eigenvalue weighted by molar-refractivity contribution is -0.115. The first kappa shape index (κ1) is 22.6. The minimum absolute atomic E-state index is 0.113. The average Bonchev–Trinajstić information content (AvgIpc) is 3.24. The van der Waals surface area contributed by atoms with Crippen molar-refractivity contribution in [3.8, 4) is 6.07 Å². The monoisotopic (exact) mass is 465 g/mol. The van der Waals surface area contributed by atoms with Crippen LogP contribution in [0.1, 0.15) is 60.5 Å². The van der Waals surface area contributed by atoms with Crippen LogP contribution in [0.3, 0.4) is 0 Å². The molecular weight excluding hydrogens is 438 g/mol. The predicted molar refractivity (Wildman–Crippen MR) is 129 cm³/mol. The van der Waals surface area contributed by atoms with Gasteiger partial charge in [-0.1, -0.05) is 48.5 Å². The van der Waals surface area contributed by atoms with E-state index in [0.717, 1.165) is 48.8 Å². The Bertz CT molecular complexity index is 1130. The van der Waals surface area contributed by atoms with Crippen LogP contribution in [-0.2, 0) is 30.6 Å². The van der Waals surface area contributed by atoms with Gasteiger partial charge in [-0.05, 0) is 50.7 Å². The van der Waals surface area contributed by atoms with Gasteiger partial charge in [0.05, 0.1) is 10.8 Å². The number of aryl methyl sites for hydroxylation is 1. The molecule has 6 nitrogen and oxygen atoms in total. The first-order chi connectivity index (χ1) is 15.6. The van der Waals surface area contributed by atoms with Crippen LogP contribution >= 0.6 is 23.1 Å². The molecule has 1 aliphatic rings. The summed E-state index contributed by atoms with van der Waals surface area (Å²) in [6, 6.07) is 12.5. The van der Waals surface area contributed by atoms with Crippen LogP contribution in [0.2, 0.25) is 0 Å². The van der Waals surface area contributed by atoms with E-state index in [2.05, 4.69) is 45.2 Å². The number of nitrogens with zero attached hydrogens (tertiary/aromatic N) is 4. The number of amides is 1. The molecule has 3 aromatic rings. The molecule has 4 rings (SSSR count). The van der Waals surface area contributed by atoms with Crippen molar-refractivity contribution in [1.82, 2.24) is 14.8 Å². The molecule has 0 aliphatic heterocycles. The van der Waals surface area contributed by atoms with Crippen LogP contribution in [0.15, 0.2) is 35.5 Å². The zero-order valence-corrected chi connectivity index (χ0v) is 20.1. The summed E-state index contributed by atoms with van der Waals surface area (Å²) in [4.78, 5) is 14.2. The number of fused-ring (bicyclic) bond motifs is 1. The third-order valence-electron chi connectivity index (χ3n) is 5.74. The summed E-state index contributed by atoms with van der Waals surface area (Å²) >= 11 is 2.97. The van der Waals surface area contributed by atoms with Crippen molar-refractivity contribution in [3.05, 3.63) is 57.7 Å². The van der Waals surface area contributed by atoms with Crippen LogP contribution in [0.4, 0.5) is 5.00 Å². The Morgan fingerprint density at radius 1 is 1.25 bits per heavy atom. The molecule has 166 valence electrons. The molecule has 2 heterocycles. The van der Waals surface area contributed by atoms with Crippen LogP contribution in [-0.4, -0.2) is 25.9 Å². The van der Waals surface area contributed by atoms with E-state index in [9.17, 15) is 10.1 Å². The van der Waals surface area contributed by atoms with Gasteiger partial charge in [-0.25, -0.2) is 0 Å². The standard InChI is InChI=1S/C24H27N5OS2/c1-3-29-21(14-17-10-6-4-7-11-17)27-28-24(29)31-16(2)22(30)26-23-19(15-25)18-12-8-5-9-13-20(18)32-23/h4,6-7,10-11,16H,3,5,8-9,12-14H2,1-2H3,(H,26,30)/t16-/m1/s1. The zero-order valence-electron chi connectivity index (χ0n) is 18.4. The fourth-order valence-electron chi connectivity index (χ4n) is 4.01. The summed E-state index contributed by atoms with van der Waals surface area (Å²) in [7, 11) is 0. The molecule has 2 aromatic heterocycles. The summed E-state index contributed by atoms with van der Waals surface area (Å²) in [6.07, 6.45) is 6.09. The lowest BCUT2D eigenvalue weighted by atomic mass is 10.1. The zero-order chi connectivity index (χ0) is 22.5. The third-order valence-corrected chi connectivity index (χ3v) is 8.02. The molecule has 1 aromatic carbocycles. The number of nitrogens with one attached hydrogen (secondary N) is 1. The predicted octanol–water partition coefficient (Wildman–Crippen LogP) is 5.21. The smallest absolute Gasteiger partial charge is 0.238 e. The molecule has 1 aliphatic carbocycles. The number of nitriles is 1. The fraction of sp³-hybridized carbons (Fsp3) is 0.417. The number of aromatic nitrogens is 3. The SMILES string of the molecule is CCn1c(Cc2ccccc2)nnc1S[C@H](C)C(=O)Nc1sc2c(c1C#N)CCCCC2. The second-order valence-electron chi connectivity index (χ2n) is 7.94. The number of thioether (sulfide) groups is 1. The molecule has 0 unspecified atom stereocenters. The fourth-order valence-corrected chi connectivity index (χ4v) is 6.18. The maximum atomic E-state index is 13.0. The van der Waals surface area contributed by atoms with Crippen molar-refractivity contribution in [1.29, 1.82) is 5.26 Å². The minimum Gasteiger partial charge on any atom is -0.316 e. The van der Waals surface area contributed by atoms with Crippen LogP contribution in [0.5, 0.6) is 0 Å². The summed E-state index contributed by atoms with van der Waals surface area (Å²) < 4.78 is 2.06. The number of rotatable bonds is 7. The number of carbonyl (C=O) groups excluding carboxylic acids is 1. The van der Waals surface area contributed by atoms with E-state index in [1.807, 2.05) is 25.1 Å². The maximum Gasteiger partial charge on any atom is 0.238 e. The highest BCUT2D eigenvalue weighted by Gasteiger charge is 2.24. The van der Waals surface area contributed by atoms with Gasteiger partial charge >= 0.3 is 0 Å². The Balaban J connectivity index is 1.46. The van der Waals surface area contributed by atoms with Crippen molar-refractivity contribution < 1.29 is 4.79 Å². The van der Waals surface area contributed by atoms with E-state index >= 15 is 0 Å². The molecule has 1 amide bonds. The summed E-state index contributed by atoms with van der Waals surface area (Å²) in [5.74, 6) is 0.778. The molecule has 32 heavy (non-hydrogen) atoms. The van der Waals surface area contributed by atoms with Gasteiger partial charge in [-0.3, -0.25) is 4.79 Å². The van der Waals surface area contributed by atoms with Crippen LogP contribution in [0.25, 0.3) is 0 Å². The second kappa shape index (κ2) is 10.3. The van der Waals surface area contributed by atoms with Crippen molar-refractivity contribution >= 4 is 34.0 Å². The molecule has 0 saturated carbocycles. The van der Waals surface area contributed by atoms with E-state index in [1.54, 1.807) is 11.3 Å². The average molecular weight is 466 g/mol. The molecule has 0 radical (unpaired) electrons. The molecule has 1 atom stereocenters. The lowest BCUT2D eigenvalue weighted by Crippen LogP contribution is -2.23. The van der Waals surface area contributed by atoms with Gasteiger partial charge in [0.1, 0.15) is 16.9 Å². The van der Waals surface area contributed by atoms with E-state index in [1.165, 1.54) is 28.6 Å². The Morgan fingerprint density at radius 3 is 2.78 bits per heavy atom. The topological polar surface area (TPSA) is 83.6 Å². The van der Waals surface area contributed by atoms with E-state index < -0.39 is 0 Å². The Hall–Kier alpha value is -2.63. The second-order valence-corrected chi connectivity index (χ2v) is 10.3. The normalized spacial score (nSPS) is 14.3. The Labute approximate surface area is 197 Å². The van der Waals surface area contributed by atoms with Crippen molar-refractivity contribution in [2.24, 2.45) is 0 Å². The summed E-state index contributed by atoms with van der Waals surface area (Å²) in [5.41, 5.74) is 2.97.